The summed E-state index contributed by atoms with van der Waals surface area (Å²) >= 11 is 0. The van der Waals surface area contributed by atoms with Crippen LogP contribution >= 0.6 is 0 Å². The van der Waals surface area contributed by atoms with E-state index in [1.807, 2.05) is 67.6 Å². The smallest absolute Gasteiger partial charge is 0.312 e. The molecule has 4 saturated carbocycles. The zero-order chi connectivity index (χ0) is 44.3. The highest BCUT2D eigenvalue weighted by molar-refractivity contribution is 5.95. The number of hydrogen-bond donors (Lipinski definition) is 1. The number of allylic oxidation sites excluding steroid dienone is 2. The highest BCUT2D eigenvalue weighted by atomic mass is 16.5. The Bertz CT molecular complexity index is 1950. The summed E-state index contributed by atoms with van der Waals surface area (Å²) in [4.78, 5) is 44.2. The van der Waals surface area contributed by atoms with Crippen molar-refractivity contribution in [3.8, 4) is 0 Å². The van der Waals surface area contributed by atoms with Gasteiger partial charge in [-0.05, 0) is 154 Å². The van der Waals surface area contributed by atoms with Gasteiger partial charge < -0.3 is 24.2 Å². The average molecular weight is 850 g/mol. The van der Waals surface area contributed by atoms with E-state index in [0.29, 0.717) is 25.5 Å². The summed E-state index contributed by atoms with van der Waals surface area (Å²) in [6.07, 6.45) is 10.9. The van der Waals surface area contributed by atoms with Gasteiger partial charge in [0, 0.05) is 12.5 Å². The van der Waals surface area contributed by atoms with E-state index in [9.17, 15) is 14.7 Å². The zero-order valence-corrected chi connectivity index (χ0v) is 39.0. The first-order chi connectivity index (χ1) is 29.4. The van der Waals surface area contributed by atoms with E-state index in [4.69, 9.17) is 14.2 Å². The summed E-state index contributed by atoms with van der Waals surface area (Å²) in [5, 5.41) is 11.2. The molecule has 2 aromatic carbocycles. The quantitative estimate of drug-likeness (QED) is 0.223. The molecule has 0 radical (unpaired) electrons. The lowest BCUT2D eigenvalue weighted by molar-refractivity contribution is -0.212. The number of nitrogens with zero attached hydrogens (tertiary/aromatic N) is 1. The molecule has 8 heteroatoms. The Morgan fingerprint density at radius 2 is 1.44 bits per heavy atom. The van der Waals surface area contributed by atoms with Crippen LogP contribution in [0.2, 0.25) is 0 Å². The third-order valence-corrected chi connectivity index (χ3v) is 18.6. The molecule has 1 aliphatic heterocycles. The Kier molecular flexibility index (Phi) is 12.3. The molecule has 2 aromatic rings. The largest absolute Gasteiger partial charge is 0.466 e. The molecule has 8 rings (SSSR count). The maximum Gasteiger partial charge on any atom is 0.312 e. The van der Waals surface area contributed by atoms with Gasteiger partial charge in [0.15, 0.2) is 11.9 Å². The van der Waals surface area contributed by atoms with Crippen molar-refractivity contribution < 1.29 is 33.7 Å². The number of hydrogen-bond acceptors (Lipinski definition) is 8. The van der Waals surface area contributed by atoms with Crippen molar-refractivity contribution in [2.45, 2.75) is 144 Å². The standard InChI is InChI=1S/C54H75NO7/c1-9-60-47(58)38-22-30-55(31-23-38)34-39(56)35-61-44-21-24-52(6)43(49(44,2)3)20-25-54(8)46(52)42(57)32-40-41-33-51(5,27-26-50(41,4)28-29-53(40,54)7)48(59)62-45(36-16-12-10-13-17-36)37-18-14-11-15-19-37/h10-19,32,38-39,41,43-46,56H,9,20-31,33-35H2,1-8H3/t39?,41-,43-,44-,46+,50+,51-,52-,53+,54+/m0/s1. The van der Waals surface area contributed by atoms with Gasteiger partial charge in [0.05, 0.1) is 36.8 Å². The molecule has 0 amide bonds. The number of carbonyl (C=O) groups excluding carboxylic acids is 3. The predicted octanol–water partition coefficient (Wildman–Crippen LogP) is 10.3. The molecule has 6 aliphatic rings. The van der Waals surface area contributed by atoms with Crippen molar-refractivity contribution >= 4 is 17.7 Å². The maximum atomic E-state index is 15.1. The molecule has 1 N–H and O–H groups in total. The summed E-state index contributed by atoms with van der Waals surface area (Å²) in [7, 11) is 0. The molecule has 1 heterocycles. The van der Waals surface area contributed by atoms with Gasteiger partial charge in [-0.15, -0.1) is 0 Å². The third kappa shape index (κ3) is 7.74. The van der Waals surface area contributed by atoms with E-state index in [2.05, 4.69) is 59.4 Å². The van der Waals surface area contributed by atoms with Crippen LogP contribution in [0, 0.1) is 56.2 Å². The number of ether oxygens (including phenoxy) is 3. The van der Waals surface area contributed by atoms with Gasteiger partial charge in [-0.3, -0.25) is 14.4 Å². The minimum absolute atomic E-state index is 0.00652. The summed E-state index contributed by atoms with van der Waals surface area (Å²) in [6, 6.07) is 20.1. The van der Waals surface area contributed by atoms with Crippen molar-refractivity contribution in [1.29, 1.82) is 0 Å². The summed E-state index contributed by atoms with van der Waals surface area (Å²) in [6.45, 7) is 21.2. The van der Waals surface area contributed by atoms with Crippen LogP contribution in [0.4, 0.5) is 0 Å². The predicted molar refractivity (Wildman–Crippen MR) is 242 cm³/mol. The number of esters is 2. The highest BCUT2D eigenvalue weighted by Crippen LogP contribution is 2.75. The Morgan fingerprint density at radius 1 is 0.806 bits per heavy atom. The summed E-state index contributed by atoms with van der Waals surface area (Å²) in [5.74, 6) is 0.334. The number of carbonyl (C=O) groups is 3. The number of likely N-dealkylation sites (tertiary alicyclic amines) is 1. The van der Waals surface area contributed by atoms with Crippen LogP contribution in [0.15, 0.2) is 72.3 Å². The minimum atomic E-state index is -0.674. The van der Waals surface area contributed by atoms with Gasteiger partial charge in [0.2, 0.25) is 0 Å². The molecule has 0 aromatic heterocycles. The lowest BCUT2D eigenvalue weighted by atomic mass is 9.33. The number of β-amino-alcohol motifs (C(OH)–C–C–N with tert-alkyl or cyclic N) is 1. The normalized spacial score (nSPS) is 37.5. The van der Waals surface area contributed by atoms with Crippen molar-refractivity contribution in [3.63, 3.8) is 0 Å². The monoisotopic (exact) mass is 850 g/mol. The van der Waals surface area contributed by atoms with Gasteiger partial charge >= 0.3 is 11.9 Å². The van der Waals surface area contributed by atoms with Crippen LogP contribution in [-0.2, 0) is 28.6 Å². The van der Waals surface area contributed by atoms with Crippen LogP contribution < -0.4 is 0 Å². The van der Waals surface area contributed by atoms with Crippen LogP contribution in [0.25, 0.3) is 0 Å². The first kappa shape index (κ1) is 45.2. The molecule has 1 unspecified atom stereocenters. The second-order valence-corrected chi connectivity index (χ2v) is 22.5. The van der Waals surface area contributed by atoms with Crippen LogP contribution in [-0.4, -0.2) is 72.8 Å². The fourth-order valence-corrected chi connectivity index (χ4v) is 14.7. The maximum absolute atomic E-state index is 15.1. The molecule has 5 aliphatic carbocycles. The first-order valence-electron chi connectivity index (χ1n) is 24.1. The second kappa shape index (κ2) is 16.9. The van der Waals surface area contributed by atoms with E-state index >= 15 is 4.79 Å². The second-order valence-electron chi connectivity index (χ2n) is 22.5. The van der Waals surface area contributed by atoms with E-state index in [1.54, 1.807) is 0 Å². The topological polar surface area (TPSA) is 102 Å². The van der Waals surface area contributed by atoms with Gasteiger partial charge in [-0.2, -0.15) is 0 Å². The fourth-order valence-electron chi connectivity index (χ4n) is 14.7. The van der Waals surface area contributed by atoms with E-state index in [-0.39, 0.29) is 75.3 Å². The molecule has 0 spiro atoms. The Hall–Kier alpha value is -3.33. The number of rotatable bonds is 11. The molecule has 5 fully saturated rings. The van der Waals surface area contributed by atoms with Gasteiger partial charge in [0.1, 0.15) is 0 Å². The number of piperidine rings is 1. The molecule has 8 nitrogen and oxygen atoms in total. The molecule has 0 bridgehead atoms. The van der Waals surface area contributed by atoms with Crippen molar-refractivity contribution in [3.05, 3.63) is 83.4 Å². The number of aliphatic hydroxyl groups excluding tert-OH is 1. The molecular formula is C54H75NO7. The summed E-state index contributed by atoms with van der Waals surface area (Å²) < 4.78 is 18.5. The van der Waals surface area contributed by atoms with Crippen molar-refractivity contribution in [2.75, 3.05) is 32.8 Å². The SMILES string of the molecule is CCOC(=O)C1CCN(CC(O)CO[C@H]2CC[C@]3(C)[C@H]4C(=O)C=C5[C@@H]6C[C@@](C)(C(=O)OC(c7ccccc7)c7ccccc7)CC[C@]6(C)CC[C@@]5(C)[C@]4(C)CC[C@H]3C2(C)C)CC1. The van der Waals surface area contributed by atoms with E-state index in [1.165, 1.54) is 5.57 Å². The number of fused-ring (bicyclic) bond motifs is 7. The molecular weight excluding hydrogens is 775 g/mol. The van der Waals surface area contributed by atoms with Gasteiger partial charge in [-0.25, -0.2) is 0 Å². The number of ketones is 1. The zero-order valence-electron chi connectivity index (χ0n) is 39.0. The third-order valence-electron chi connectivity index (χ3n) is 18.6. The molecule has 10 atom stereocenters. The number of benzene rings is 2. The molecule has 62 heavy (non-hydrogen) atoms. The Labute approximate surface area is 371 Å². The first-order valence-corrected chi connectivity index (χ1v) is 24.1. The Balaban J connectivity index is 0.978. The van der Waals surface area contributed by atoms with Gasteiger partial charge in [-0.1, -0.05) is 108 Å². The lowest BCUT2D eigenvalue weighted by Crippen LogP contribution is -2.66. The number of aliphatic hydroxyl groups is 1. The molecule has 1 saturated heterocycles. The van der Waals surface area contributed by atoms with E-state index < -0.39 is 17.6 Å². The molecule has 338 valence electrons. The average Bonchev–Trinajstić information content (AvgIpc) is 3.24. The van der Waals surface area contributed by atoms with Crippen molar-refractivity contribution in [2.24, 2.45) is 56.2 Å². The Morgan fingerprint density at radius 3 is 2.06 bits per heavy atom. The minimum Gasteiger partial charge on any atom is -0.466 e. The summed E-state index contributed by atoms with van der Waals surface area (Å²) in [5.41, 5.74) is 1.85. The van der Waals surface area contributed by atoms with Crippen molar-refractivity contribution in [1.82, 2.24) is 4.90 Å². The van der Waals surface area contributed by atoms with Crippen LogP contribution in [0.5, 0.6) is 0 Å². The highest BCUT2D eigenvalue weighted by Gasteiger charge is 2.70. The van der Waals surface area contributed by atoms with E-state index in [0.717, 1.165) is 88.4 Å². The lowest BCUT2D eigenvalue weighted by Gasteiger charge is -2.70. The van der Waals surface area contributed by atoms with Gasteiger partial charge in [0.25, 0.3) is 0 Å². The van der Waals surface area contributed by atoms with Crippen LogP contribution in [0.3, 0.4) is 0 Å². The van der Waals surface area contributed by atoms with Crippen LogP contribution in [0.1, 0.15) is 143 Å². The fraction of sp³-hybridized carbons (Fsp3) is 0.685.